The van der Waals surface area contributed by atoms with Crippen LogP contribution in [0.25, 0.3) is 0 Å². The average molecular weight is 275 g/mol. The number of rotatable bonds is 2. The summed E-state index contributed by atoms with van der Waals surface area (Å²) in [5.74, 6) is 0.472. The van der Waals surface area contributed by atoms with Gasteiger partial charge < -0.3 is 5.73 Å². The lowest BCUT2D eigenvalue weighted by molar-refractivity contribution is 0.149. The van der Waals surface area contributed by atoms with Gasteiger partial charge in [-0.05, 0) is 24.2 Å². The van der Waals surface area contributed by atoms with Crippen molar-refractivity contribution >= 4 is 10.2 Å². The summed E-state index contributed by atoms with van der Waals surface area (Å²) in [6.45, 7) is 8.60. The van der Waals surface area contributed by atoms with Gasteiger partial charge in [0.1, 0.15) is 0 Å². The molecule has 2 fully saturated rings. The van der Waals surface area contributed by atoms with Crippen molar-refractivity contribution in [2.24, 2.45) is 17.1 Å². The molecule has 6 heteroatoms. The van der Waals surface area contributed by atoms with E-state index in [0.29, 0.717) is 32.1 Å². The quantitative estimate of drug-likeness (QED) is 0.804. The summed E-state index contributed by atoms with van der Waals surface area (Å²) in [5, 5.41) is 0. The van der Waals surface area contributed by atoms with Crippen LogP contribution >= 0.6 is 0 Å². The van der Waals surface area contributed by atoms with Gasteiger partial charge in [0.15, 0.2) is 0 Å². The monoisotopic (exact) mass is 275 g/mol. The van der Waals surface area contributed by atoms with Gasteiger partial charge in [0.05, 0.1) is 0 Å². The summed E-state index contributed by atoms with van der Waals surface area (Å²) in [6.07, 6.45) is 1.71. The fourth-order valence-electron chi connectivity index (χ4n) is 2.79. The predicted octanol–water partition coefficient (Wildman–Crippen LogP) is 0.632. The number of nitrogens with two attached hydrogens (primary N) is 1. The summed E-state index contributed by atoms with van der Waals surface area (Å²) in [5.41, 5.74) is 5.92. The fraction of sp³-hybridized carbons (Fsp3) is 1.00. The van der Waals surface area contributed by atoms with E-state index in [4.69, 9.17) is 5.73 Å². The molecule has 2 saturated heterocycles. The smallest absolute Gasteiger partial charge is 0.282 e. The van der Waals surface area contributed by atoms with Gasteiger partial charge in [0.25, 0.3) is 10.2 Å². The minimum absolute atomic E-state index is 0.0847. The lowest BCUT2D eigenvalue weighted by Gasteiger charge is -2.42. The molecule has 0 aliphatic carbocycles. The first kappa shape index (κ1) is 14.2. The first-order chi connectivity index (χ1) is 8.23. The topological polar surface area (TPSA) is 66.6 Å². The van der Waals surface area contributed by atoms with Crippen molar-refractivity contribution in [2.45, 2.75) is 39.7 Å². The summed E-state index contributed by atoms with van der Waals surface area (Å²) in [4.78, 5) is 0. The zero-order valence-electron chi connectivity index (χ0n) is 11.6. The van der Waals surface area contributed by atoms with Gasteiger partial charge in [-0.15, -0.1) is 0 Å². The zero-order chi connectivity index (χ0) is 13.6. The lowest BCUT2D eigenvalue weighted by Crippen LogP contribution is -2.56. The normalized spacial score (nSPS) is 34.9. The van der Waals surface area contributed by atoms with Crippen LogP contribution in [0, 0.1) is 11.3 Å². The minimum Gasteiger partial charge on any atom is -0.327 e. The molecule has 5 nitrogen and oxygen atoms in total. The Balaban J connectivity index is 2.12. The Kier molecular flexibility index (Phi) is 3.75. The molecule has 0 bridgehead atoms. The van der Waals surface area contributed by atoms with E-state index in [0.717, 1.165) is 12.8 Å². The van der Waals surface area contributed by atoms with Crippen molar-refractivity contribution in [1.82, 2.24) is 8.61 Å². The second kappa shape index (κ2) is 4.74. The van der Waals surface area contributed by atoms with Crippen molar-refractivity contribution in [2.75, 3.05) is 26.2 Å². The van der Waals surface area contributed by atoms with E-state index in [9.17, 15) is 8.42 Å². The molecular weight excluding hydrogens is 250 g/mol. The predicted molar refractivity (Wildman–Crippen MR) is 72.2 cm³/mol. The first-order valence-corrected chi connectivity index (χ1v) is 8.14. The molecular formula is C12H25N3O2S. The first-order valence-electron chi connectivity index (χ1n) is 6.74. The Labute approximate surface area is 110 Å². The molecule has 0 aromatic carbocycles. The van der Waals surface area contributed by atoms with Crippen molar-refractivity contribution in [3.05, 3.63) is 0 Å². The van der Waals surface area contributed by atoms with Crippen LogP contribution in [-0.4, -0.2) is 49.2 Å². The molecule has 2 unspecified atom stereocenters. The molecule has 2 aliphatic rings. The van der Waals surface area contributed by atoms with Crippen molar-refractivity contribution in [3.63, 3.8) is 0 Å². The van der Waals surface area contributed by atoms with Crippen LogP contribution in [0.3, 0.4) is 0 Å². The minimum atomic E-state index is -3.28. The van der Waals surface area contributed by atoms with Gasteiger partial charge in [-0.2, -0.15) is 17.0 Å². The van der Waals surface area contributed by atoms with E-state index in [1.54, 1.807) is 8.61 Å². The average Bonchev–Trinajstić information content (AvgIpc) is 2.69. The molecule has 0 aromatic heterocycles. The molecule has 0 saturated carbocycles. The number of nitrogens with zero attached hydrogens (tertiary/aromatic N) is 2. The highest BCUT2D eigenvalue weighted by atomic mass is 32.2. The van der Waals surface area contributed by atoms with Gasteiger partial charge in [-0.3, -0.25) is 0 Å². The largest absolute Gasteiger partial charge is 0.327 e. The molecule has 18 heavy (non-hydrogen) atoms. The van der Waals surface area contributed by atoms with E-state index in [1.807, 2.05) is 13.8 Å². The van der Waals surface area contributed by atoms with E-state index < -0.39 is 10.2 Å². The van der Waals surface area contributed by atoms with E-state index in [1.165, 1.54) is 0 Å². The Morgan fingerprint density at radius 3 is 2.28 bits per heavy atom. The molecule has 2 heterocycles. The maximum absolute atomic E-state index is 12.5. The van der Waals surface area contributed by atoms with Crippen LogP contribution in [0.4, 0.5) is 0 Å². The number of hydrogen-bond acceptors (Lipinski definition) is 3. The molecule has 2 N–H and O–H groups in total. The third-order valence-corrected chi connectivity index (χ3v) is 6.26. The van der Waals surface area contributed by atoms with Crippen molar-refractivity contribution in [3.8, 4) is 0 Å². The second-order valence-corrected chi connectivity index (χ2v) is 8.41. The highest BCUT2D eigenvalue weighted by Gasteiger charge is 2.41. The standard InChI is InChI=1S/C12H25N3O2S/c1-10-4-6-14(8-10)18(16,17)15-7-5-11(13)12(2,3)9-15/h10-11H,4-9,13H2,1-3H3. The Bertz CT molecular complexity index is 408. The van der Waals surface area contributed by atoms with E-state index >= 15 is 0 Å². The molecule has 106 valence electrons. The summed E-state index contributed by atoms with van der Waals surface area (Å²) < 4.78 is 28.3. The molecule has 2 aliphatic heterocycles. The summed E-state index contributed by atoms with van der Waals surface area (Å²) in [7, 11) is -3.28. The second-order valence-electron chi connectivity index (χ2n) is 6.48. The summed E-state index contributed by atoms with van der Waals surface area (Å²) in [6, 6.07) is 0.0847. The van der Waals surface area contributed by atoms with Gasteiger partial charge in [-0.1, -0.05) is 20.8 Å². The van der Waals surface area contributed by atoms with Gasteiger partial charge >= 0.3 is 0 Å². The van der Waals surface area contributed by atoms with Gasteiger partial charge in [-0.25, -0.2) is 0 Å². The highest BCUT2D eigenvalue weighted by Crippen LogP contribution is 2.31. The molecule has 0 aromatic rings. The molecule has 0 amide bonds. The molecule has 0 spiro atoms. The Hall–Kier alpha value is -0.170. The fourth-order valence-corrected chi connectivity index (χ4v) is 4.73. The van der Waals surface area contributed by atoms with Crippen LogP contribution in [0.1, 0.15) is 33.6 Å². The Morgan fingerprint density at radius 2 is 1.78 bits per heavy atom. The van der Waals surface area contributed by atoms with Crippen molar-refractivity contribution in [1.29, 1.82) is 0 Å². The maximum Gasteiger partial charge on any atom is 0.282 e. The van der Waals surface area contributed by atoms with Crippen LogP contribution in [0.5, 0.6) is 0 Å². The van der Waals surface area contributed by atoms with Gasteiger partial charge in [0, 0.05) is 32.2 Å². The molecule has 2 rings (SSSR count). The molecule has 2 atom stereocenters. The highest BCUT2D eigenvalue weighted by molar-refractivity contribution is 7.86. The van der Waals surface area contributed by atoms with E-state index in [-0.39, 0.29) is 11.5 Å². The SMILES string of the molecule is CC1CCN(S(=O)(=O)N2CCC(N)C(C)(C)C2)C1. The Morgan fingerprint density at radius 1 is 1.17 bits per heavy atom. The maximum atomic E-state index is 12.5. The third kappa shape index (κ3) is 2.57. The van der Waals surface area contributed by atoms with E-state index in [2.05, 4.69) is 6.92 Å². The molecule has 0 radical (unpaired) electrons. The van der Waals surface area contributed by atoms with Crippen LogP contribution in [0.15, 0.2) is 0 Å². The zero-order valence-corrected chi connectivity index (χ0v) is 12.4. The van der Waals surface area contributed by atoms with Gasteiger partial charge in [0.2, 0.25) is 0 Å². The third-order valence-electron chi connectivity index (χ3n) is 4.32. The van der Waals surface area contributed by atoms with Crippen LogP contribution in [0.2, 0.25) is 0 Å². The number of hydrogen-bond donors (Lipinski definition) is 1. The van der Waals surface area contributed by atoms with Crippen LogP contribution < -0.4 is 5.73 Å². The van der Waals surface area contributed by atoms with Crippen molar-refractivity contribution < 1.29 is 8.42 Å². The summed E-state index contributed by atoms with van der Waals surface area (Å²) >= 11 is 0. The number of piperidine rings is 1. The van der Waals surface area contributed by atoms with Crippen LogP contribution in [-0.2, 0) is 10.2 Å². The lowest BCUT2D eigenvalue weighted by atomic mass is 9.81.